The fourth-order valence-corrected chi connectivity index (χ4v) is 2.70. The number of benzene rings is 1. The first-order chi connectivity index (χ1) is 14.1. The number of hydrogen-bond acceptors (Lipinski definition) is 5. The number of pyridine rings is 1. The molecule has 8 nitrogen and oxygen atoms in total. The van der Waals surface area contributed by atoms with Gasteiger partial charge in [0.2, 0.25) is 0 Å². The quantitative estimate of drug-likeness (QED) is 0.264. The van der Waals surface area contributed by atoms with E-state index in [0.29, 0.717) is 25.7 Å². The molecule has 0 aliphatic carbocycles. The van der Waals surface area contributed by atoms with E-state index in [2.05, 4.69) is 30.6 Å². The fourth-order valence-electron chi connectivity index (χ4n) is 2.70. The summed E-state index contributed by atoms with van der Waals surface area (Å²) in [5.74, 6) is 1.58. The number of halogens is 3. The Labute approximate surface area is 189 Å². The molecule has 0 aliphatic rings. The Morgan fingerprint density at radius 3 is 2.67 bits per heavy atom. The fraction of sp³-hybridized carbons (Fsp3) is 0.316. The molecular formula is C19H23F2IN6O2. The van der Waals surface area contributed by atoms with Gasteiger partial charge in [-0.15, -0.1) is 34.2 Å². The van der Waals surface area contributed by atoms with Crippen molar-refractivity contribution < 1.29 is 18.3 Å². The van der Waals surface area contributed by atoms with E-state index in [0.717, 1.165) is 17.0 Å². The highest BCUT2D eigenvalue weighted by Gasteiger charge is 2.12. The van der Waals surface area contributed by atoms with Gasteiger partial charge in [-0.25, -0.2) is 0 Å². The number of aliphatic imine (C=N–C) groups is 1. The van der Waals surface area contributed by atoms with Crippen LogP contribution in [0.3, 0.4) is 0 Å². The first kappa shape index (κ1) is 23.6. The van der Waals surface area contributed by atoms with Crippen LogP contribution in [0.5, 0.6) is 11.5 Å². The number of ether oxygens (including phenoxy) is 2. The maximum atomic E-state index is 12.5. The lowest BCUT2D eigenvalue weighted by Crippen LogP contribution is -2.36. The maximum absolute atomic E-state index is 12.5. The van der Waals surface area contributed by atoms with Crippen LogP contribution in [0, 0.1) is 0 Å². The van der Waals surface area contributed by atoms with Crippen LogP contribution in [-0.4, -0.2) is 40.8 Å². The third-order valence-corrected chi connectivity index (χ3v) is 4.01. The van der Waals surface area contributed by atoms with Crippen molar-refractivity contribution in [2.45, 2.75) is 26.6 Å². The second-order valence-electron chi connectivity index (χ2n) is 5.92. The Morgan fingerprint density at radius 2 is 1.93 bits per heavy atom. The second-order valence-corrected chi connectivity index (χ2v) is 5.92. The summed E-state index contributed by atoms with van der Waals surface area (Å²) < 4.78 is 36.8. The topological polar surface area (TPSA) is 85.1 Å². The van der Waals surface area contributed by atoms with Gasteiger partial charge in [0.15, 0.2) is 28.9 Å². The number of alkyl halides is 2. The highest BCUT2D eigenvalue weighted by Crippen LogP contribution is 2.29. The van der Waals surface area contributed by atoms with E-state index in [4.69, 9.17) is 4.74 Å². The van der Waals surface area contributed by atoms with Gasteiger partial charge in [-0.2, -0.15) is 8.78 Å². The third kappa shape index (κ3) is 6.15. The van der Waals surface area contributed by atoms with Gasteiger partial charge in [0, 0.05) is 19.8 Å². The smallest absolute Gasteiger partial charge is 0.387 e. The van der Waals surface area contributed by atoms with Crippen LogP contribution in [-0.2, 0) is 13.1 Å². The predicted octanol–water partition coefficient (Wildman–Crippen LogP) is 3.21. The molecule has 3 aromatic rings. The summed E-state index contributed by atoms with van der Waals surface area (Å²) in [6.07, 6.45) is 1.89. The summed E-state index contributed by atoms with van der Waals surface area (Å²) >= 11 is 0. The SMILES string of the molecule is CCOc1cc(CNC(=NC)NCc2nnc3ccccn23)ccc1OC(F)F.I. The number of fused-ring (bicyclic) bond motifs is 1. The molecule has 0 atom stereocenters. The summed E-state index contributed by atoms with van der Waals surface area (Å²) in [6, 6.07) is 10.5. The minimum Gasteiger partial charge on any atom is -0.490 e. The van der Waals surface area contributed by atoms with Crippen molar-refractivity contribution in [2.75, 3.05) is 13.7 Å². The van der Waals surface area contributed by atoms with E-state index in [1.807, 2.05) is 28.8 Å². The summed E-state index contributed by atoms with van der Waals surface area (Å²) in [4.78, 5) is 4.18. The van der Waals surface area contributed by atoms with E-state index in [9.17, 15) is 8.78 Å². The molecule has 0 aliphatic heterocycles. The zero-order valence-corrected chi connectivity index (χ0v) is 18.8. The number of nitrogens with zero attached hydrogens (tertiary/aromatic N) is 4. The van der Waals surface area contributed by atoms with Crippen LogP contribution in [0.2, 0.25) is 0 Å². The molecule has 0 unspecified atom stereocenters. The number of hydrogen-bond donors (Lipinski definition) is 2. The number of rotatable bonds is 8. The lowest BCUT2D eigenvalue weighted by atomic mass is 10.2. The Hall–Kier alpha value is -2.70. The van der Waals surface area contributed by atoms with Crippen LogP contribution in [0.1, 0.15) is 18.3 Å². The van der Waals surface area contributed by atoms with Gasteiger partial charge in [0.1, 0.15) is 0 Å². The van der Waals surface area contributed by atoms with Crippen molar-refractivity contribution in [1.29, 1.82) is 0 Å². The first-order valence-corrected chi connectivity index (χ1v) is 9.04. The molecule has 0 bridgehead atoms. The monoisotopic (exact) mass is 532 g/mol. The molecule has 0 fully saturated rings. The molecule has 1 aromatic carbocycles. The van der Waals surface area contributed by atoms with E-state index < -0.39 is 6.61 Å². The van der Waals surface area contributed by atoms with E-state index in [-0.39, 0.29) is 35.5 Å². The molecule has 0 spiro atoms. The molecule has 11 heteroatoms. The van der Waals surface area contributed by atoms with Crippen LogP contribution >= 0.6 is 24.0 Å². The van der Waals surface area contributed by atoms with Gasteiger partial charge in [0.25, 0.3) is 0 Å². The molecule has 3 rings (SSSR count). The molecule has 162 valence electrons. The third-order valence-electron chi connectivity index (χ3n) is 4.01. The Bertz CT molecular complexity index is 983. The Kier molecular flexibility index (Phi) is 9.02. The Balaban J connectivity index is 0.00000320. The zero-order chi connectivity index (χ0) is 20.6. The molecule has 30 heavy (non-hydrogen) atoms. The summed E-state index contributed by atoms with van der Waals surface area (Å²) in [6.45, 7) is 0.0450. The predicted molar refractivity (Wildman–Crippen MR) is 120 cm³/mol. The zero-order valence-electron chi connectivity index (χ0n) is 16.5. The van der Waals surface area contributed by atoms with Crippen molar-refractivity contribution in [1.82, 2.24) is 25.2 Å². The van der Waals surface area contributed by atoms with Crippen LogP contribution in [0.15, 0.2) is 47.6 Å². The molecule has 2 aromatic heterocycles. The average Bonchev–Trinajstić information content (AvgIpc) is 3.13. The molecule has 0 radical (unpaired) electrons. The number of nitrogens with one attached hydrogen (secondary N) is 2. The normalized spacial score (nSPS) is 11.3. The summed E-state index contributed by atoms with van der Waals surface area (Å²) in [7, 11) is 1.66. The molecule has 2 heterocycles. The van der Waals surface area contributed by atoms with Crippen LogP contribution in [0.4, 0.5) is 8.78 Å². The van der Waals surface area contributed by atoms with Crippen LogP contribution in [0.25, 0.3) is 5.65 Å². The standard InChI is InChI=1S/C19H22F2N6O2.HI/c1-3-28-15-10-13(7-8-14(15)29-18(20)21)11-23-19(22-2)24-12-17-26-25-16-6-4-5-9-27(16)17;/h4-10,18H,3,11-12H2,1-2H3,(H2,22,23,24);1H. The number of aromatic nitrogens is 3. The summed E-state index contributed by atoms with van der Waals surface area (Å²) in [5.41, 5.74) is 1.59. The van der Waals surface area contributed by atoms with Crippen molar-refractivity contribution in [2.24, 2.45) is 4.99 Å². The summed E-state index contributed by atoms with van der Waals surface area (Å²) in [5, 5.41) is 14.6. The van der Waals surface area contributed by atoms with Gasteiger partial charge in [0.05, 0.1) is 13.2 Å². The lowest BCUT2D eigenvalue weighted by molar-refractivity contribution is -0.0514. The van der Waals surface area contributed by atoms with E-state index in [1.54, 1.807) is 26.1 Å². The van der Waals surface area contributed by atoms with Gasteiger partial charge in [-0.1, -0.05) is 12.1 Å². The molecule has 0 saturated heterocycles. The highest BCUT2D eigenvalue weighted by molar-refractivity contribution is 14.0. The minimum absolute atomic E-state index is 0. The van der Waals surface area contributed by atoms with Gasteiger partial charge in [-0.3, -0.25) is 9.39 Å². The number of guanidine groups is 1. The van der Waals surface area contributed by atoms with Gasteiger partial charge >= 0.3 is 6.61 Å². The van der Waals surface area contributed by atoms with Gasteiger partial charge in [-0.05, 0) is 36.8 Å². The van der Waals surface area contributed by atoms with E-state index in [1.165, 1.54) is 6.07 Å². The minimum atomic E-state index is -2.91. The average molecular weight is 532 g/mol. The van der Waals surface area contributed by atoms with Crippen molar-refractivity contribution in [3.63, 3.8) is 0 Å². The van der Waals surface area contributed by atoms with E-state index >= 15 is 0 Å². The molecule has 0 amide bonds. The molecule has 0 saturated carbocycles. The highest BCUT2D eigenvalue weighted by atomic mass is 127. The maximum Gasteiger partial charge on any atom is 0.387 e. The largest absolute Gasteiger partial charge is 0.490 e. The van der Waals surface area contributed by atoms with Crippen molar-refractivity contribution in [3.05, 3.63) is 54.0 Å². The first-order valence-electron chi connectivity index (χ1n) is 9.04. The van der Waals surface area contributed by atoms with Crippen molar-refractivity contribution >= 4 is 35.6 Å². The lowest BCUT2D eigenvalue weighted by Gasteiger charge is -2.14. The molecule has 2 N–H and O–H groups in total. The molecular weight excluding hydrogens is 509 g/mol. The van der Waals surface area contributed by atoms with Crippen molar-refractivity contribution in [3.8, 4) is 11.5 Å². The van der Waals surface area contributed by atoms with Gasteiger partial charge < -0.3 is 20.1 Å². The van der Waals surface area contributed by atoms with Crippen LogP contribution < -0.4 is 20.1 Å². The Morgan fingerprint density at radius 1 is 1.13 bits per heavy atom. The second kappa shape index (κ2) is 11.5.